The van der Waals surface area contributed by atoms with Crippen molar-refractivity contribution in [2.45, 2.75) is 78.6 Å². The van der Waals surface area contributed by atoms with Gasteiger partial charge in [0.25, 0.3) is 6.71 Å². The van der Waals surface area contributed by atoms with E-state index in [-0.39, 0.29) is 58.1 Å². The van der Waals surface area contributed by atoms with Crippen molar-refractivity contribution in [2.75, 3.05) is 9.80 Å². The molecule has 0 spiro atoms. The summed E-state index contributed by atoms with van der Waals surface area (Å²) in [5.74, 6) is 0. The molecule has 0 N–H and O–H groups in total. The van der Waals surface area contributed by atoms with Crippen molar-refractivity contribution in [2.24, 2.45) is 0 Å². The zero-order chi connectivity index (χ0) is 80.4. The molecular formula is C102H83BN4. The van der Waals surface area contributed by atoms with E-state index in [1.807, 2.05) is 34.9 Å². The summed E-state index contributed by atoms with van der Waals surface area (Å²) in [4.78, 5) is 4.89. The molecule has 0 radical (unpaired) electrons. The van der Waals surface area contributed by atoms with Gasteiger partial charge in [-0.15, -0.1) is 0 Å². The third-order valence-electron chi connectivity index (χ3n) is 22.1. The van der Waals surface area contributed by atoms with Crippen molar-refractivity contribution in [3.8, 4) is 78.1 Å². The Morgan fingerprint density at radius 3 is 1.26 bits per heavy atom. The van der Waals surface area contributed by atoms with Crippen LogP contribution in [0.25, 0.3) is 122 Å². The summed E-state index contributed by atoms with van der Waals surface area (Å²) < 4.78 is 90.0. The SMILES string of the molecule is [2H]c1c([2H])c([2H])c(-c2ccc3c(c2)N(c2c(-c4ccccc4)cc(C(C)(C)C)cc2-c2ccccc2)c2cc(-c4cc(C(C)(C)C)cc(C(C)(C)C)c4)cc4c2B3c2ccc(-n3c5ccc(-n6c7ccccc7c7ccccc76)cc5c5c([2H])c([2H])c([2H])c([2H])c53)cc2N4c2cc(-c3ccccc3)cc(-c3ccccc3)c2)c([2H])c1[2H]. The average molecular weight is 1380 g/mol. The van der Waals surface area contributed by atoms with E-state index in [4.69, 9.17) is 1.37 Å². The second kappa shape index (κ2) is 25.1. The molecule has 107 heavy (non-hydrogen) atoms. The van der Waals surface area contributed by atoms with Gasteiger partial charge in [-0.2, -0.15) is 0 Å². The Balaban J connectivity index is 0.994. The smallest absolute Gasteiger partial charge is 0.252 e. The van der Waals surface area contributed by atoms with Crippen molar-refractivity contribution < 1.29 is 12.3 Å². The van der Waals surface area contributed by atoms with E-state index in [0.717, 1.165) is 139 Å². The zero-order valence-corrected chi connectivity index (χ0v) is 61.5. The van der Waals surface area contributed by atoms with Gasteiger partial charge in [-0.25, -0.2) is 0 Å². The Bertz CT molecular complexity index is 6720. The summed E-state index contributed by atoms with van der Waals surface area (Å²) in [6.45, 7) is 19.8. The molecule has 4 heterocycles. The Morgan fingerprint density at radius 2 is 0.692 bits per heavy atom. The summed E-state index contributed by atoms with van der Waals surface area (Å²) in [6.07, 6.45) is 0. The predicted molar refractivity (Wildman–Crippen MR) is 458 cm³/mol. The Labute approximate surface area is 641 Å². The molecule has 0 saturated carbocycles. The second-order valence-corrected chi connectivity index (χ2v) is 31.9. The van der Waals surface area contributed by atoms with Gasteiger partial charge in [0.15, 0.2) is 0 Å². The van der Waals surface area contributed by atoms with Crippen LogP contribution in [-0.4, -0.2) is 15.8 Å². The van der Waals surface area contributed by atoms with E-state index in [1.165, 1.54) is 11.1 Å². The van der Waals surface area contributed by atoms with Crippen LogP contribution in [0.1, 0.15) is 91.3 Å². The van der Waals surface area contributed by atoms with Gasteiger partial charge >= 0.3 is 0 Å². The van der Waals surface area contributed by atoms with Crippen molar-refractivity contribution in [3.63, 3.8) is 0 Å². The highest BCUT2D eigenvalue weighted by Gasteiger charge is 2.46. The first-order chi connectivity index (χ1) is 55.7. The van der Waals surface area contributed by atoms with Gasteiger partial charge in [0.1, 0.15) is 0 Å². The van der Waals surface area contributed by atoms with Crippen LogP contribution >= 0.6 is 0 Å². The highest BCUT2D eigenvalue weighted by Crippen LogP contribution is 2.54. The first kappa shape index (κ1) is 56.0. The number of rotatable bonds is 10. The molecule has 5 heteroatoms. The second-order valence-electron chi connectivity index (χ2n) is 31.9. The number of para-hydroxylation sites is 3. The molecule has 17 aromatic rings. The molecule has 0 bridgehead atoms. The lowest BCUT2D eigenvalue weighted by molar-refractivity contribution is 0.569. The monoisotopic (exact) mass is 1380 g/mol. The van der Waals surface area contributed by atoms with Gasteiger partial charge in [0.05, 0.1) is 40.1 Å². The maximum Gasteiger partial charge on any atom is 0.252 e. The van der Waals surface area contributed by atoms with E-state index in [1.54, 1.807) is 0 Å². The van der Waals surface area contributed by atoms with Crippen LogP contribution in [0.5, 0.6) is 0 Å². The fourth-order valence-corrected chi connectivity index (χ4v) is 16.6. The molecule has 0 fully saturated rings. The Hall–Kier alpha value is -12.4. The van der Waals surface area contributed by atoms with Gasteiger partial charge < -0.3 is 18.9 Å². The number of nitrogens with zero attached hydrogens (tertiary/aromatic N) is 4. The molecule has 514 valence electrons. The molecule has 0 atom stereocenters. The van der Waals surface area contributed by atoms with Crippen molar-refractivity contribution in [1.82, 2.24) is 9.13 Å². The van der Waals surface area contributed by atoms with Gasteiger partial charge in [-0.1, -0.05) is 305 Å². The first-order valence-electron chi connectivity index (χ1n) is 41.6. The van der Waals surface area contributed by atoms with Crippen molar-refractivity contribution >= 4 is 101 Å². The molecule has 0 amide bonds. The Kier molecular flexibility index (Phi) is 13.2. The number of hydrogen-bond donors (Lipinski definition) is 0. The maximum absolute atomic E-state index is 10.1. The topological polar surface area (TPSA) is 16.3 Å². The fraction of sp³-hybridized carbons (Fsp3) is 0.118. The molecule has 2 aliphatic heterocycles. The lowest BCUT2D eigenvalue weighted by Gasteiger charge is -2.45. The normalized spacial score (nSPS) is 14.0. The van der Waals surface area contributed by atoms with Gasteiger partial charge in [0, 0.05) is 72.5 Å². The standard InChI is InChI=1S/C102H83BN4/c1-100(2,3)76-54-74(55-77(61-76)101(4,5)6)75-59-96-98-97(60-75)107(99-85(69-37-21-13-22-38-69)62-78(102(7,8)9)63-86(99)70-39-23-14-24-40-70)94-58-71(66-31-15-10-16-32-66)47-50-88(94)103(98)89-51-48-80(65-95(89)106(96)81-56-72(67-33-17-11-18-34-67)53-73(57-81)68-35-19-12-20-36-68)105-92-46-30-27-43-84(92)87-64-79(49-52-93(87)105)104-90-44-28-25-41-82(90)83-42-26-29-45-91(83)104/h10-65H,1-9H3/i10D,15D,16D,27D,30D,31D,32D,43D,46D. The van der Waals surface area contributed by atoms with Crippen LogP contribution < -0.4 is 26.2 Å². The Morgan fingerprint density at radius 1 is 0.262 bits per heavy atom. The van der Waals surface area contributed by atoms with Crippen LogP contribution in [0.2, 0.25) is 0 Å². The maximum atomic E-state index is 10.1. The zero-order valence-electron chi connectivity index (χ0n) is 70.5. The van der Waals surface area contributed by atoms with Crippen molar-refractivity contribution in [3.05, 3.63) is 356 Å². The molecule has 0 unspecified atom stereocenters. The average Bonchev–Trinajstić information content (AvgIpc) is 0.783. The number of anilines is 6. The number of aromatic nitrogens is 2. The molecule has 0 aliphatic carbocycles. The van der Waals surface area contributed by atoms with E-state index in [9.17, 15) is 11.0 Å². The van der Waals surface area contributed by atoms with Crippen LogP contribution in [-0.2, 0) is 16.2 Å². The third kappa shape index (κ3) is 11.1. The fourth-order valence-electron chi connectivity index (χ4n) is 16.6. The van der Waals surface area contributed by atoms with E-state index in [2.05, 4.69) is 331 Å². The van der Waals surface area contributed by atoms with Gasteiger partial charge in [-0.05, 0) is 202 Å². The molecule has 0 saturated heterocycles. The minimum Gasteiger partial charge on any atom is -0.311 e. The highest BCUT2D eigenvalue weighted by atomic mass is 15.2. The van der Waals surface area contributed by atoms with Gasteiger partial charge in [0.2, 0.25) is 0 Å². The summed E-state index contributed by atoms with van der Waals surface area (Å²) >= 11 is 0. The lowest BCUT2D eigenvalue weighted by Crippen LogP contribution is -2.61. The number of fused-ring (bicyclic) bond motifs is 10. The molecule has 2 aromatic heterocycles. The van der Waals surface area contributed by atoms with Crippen molar-refractivity contribution in [1.29, 1.82) is 0 Å². The molecule has 2 aliphatic rings. The quantitative estimate of drug-likeness (QED) is 0.127. The molecule has 4 nitrogen and oxygen atoms in total. The van der Waals surface area contributed by atoms with E-state index in [0.29, 0.717) is 33.1 Å². The first-order valence-corrected chi connectivity index (χ1v) is 37.1. The highest BCUT2D eigenvalue weighted by molar-refractivity contribution is 7.00. The predicted octanol–water partition coefficient (Wildman–Crippen LogP) is 25.9. The minimum atomic E-state index is -0.579. The van der Waals surface area contributed by atoms with Crippen LogP contribution in [0.15, 0.2) is 340 Å². The largest absolute Gasteiger partial charge is 0.311 e. The van der Waals surface area contributed by atoms with Gasteiger partial charge in [-0.3, -0.25) is 0 Å². The molecule has 15 aromatic carbocycles. The third-order valence-corrected chi connectivity index (χ3v) is 22.1. The lowest BCUT2D eigenvalue weighted by atomic mass is 9.33. The summed E-state index contributed by atoms with van der Waals surface area (Å²) in [7, 11) is 0. The summed E-state index contributed by atoms with van der Waals surface area (Å²) in [5.41, 5.74) is 25.3. The van der Waals surface area contributed by atoms with Crippen LogP contribution in [0.3, 0.4) is 0 Å². The van der Waals surface area contributed by atoms with Crippen LogP contribution in [0.4, 0.5) is 34.1 Å². The van der Waals surface area contributed by atoms with Crippen LogP contribution in [0, 0.1) is 0 Å². The summed E-state index contributed by atoms with van der Waals surface area (Å²) in [5, 5.41) is 3.25. The number of benzene rings is 15. The molecular weight excluding hydrogens is 1290 g/mol. The van der Waals surface area contributed by atoms with E-state index >= 15 is 0 Å². The molecule has 19 rings (SSSR count). The number of hydrogen-bond acceptors (Lipinski definition) is 2. The van der Waals surface area contributed by atoms with E-state index < -0.39 is 24.8 Å². The summed E-state index contributed by atoms with van der Waals surface area (Å²) in [6, 6.07) is 98.4. The minimum absolute atomic E-state index is 0.0843.